The summed E-state index contributed by atoms with van der Waals surface area (Å²) >= 11 is 1.72. The van der Waals surface area contributed by atoms with E-state index < -0.39 is 0 Å². The second kappa shape index (κ2) is 4.01. The van der Waals surface area contributed by atoms with Gasteiger partial charge in [-0.05, 0) is 12.5 Å². The maximum absolute atomic E-state index is 5.61. The molecule has 0 amide bonds. The Kier molecular flexibility index (Phi) is 3.23. The summed E-state index contributed by atoms with van der Waals surface area (Å²) in [4.78, 5) is 5.70. The summed E-state index contributed by atoms with van der Waals surface area (Å²) in [6.45, 7) is 7.20. The molecule has 0 aliphatic rings. The zero-order valence-corrected chi connectivity index (χ0v) is 8.69. The third kappa shape index (κ3) is 1.84. The van der Waals surface area contributed by atoms with E-state index in [0.29, 0.717) is 18.4 Å². The van der Waals surface area contributed by atoms with Crippen molar-refractivity contribution in [3.8, 4) is 0 Å². The van der Waals surface area contributed by atoms with Gasteiger partial charge in [0.25, 0.3) is 0 Å². The van der Waals surface area contributed by atoms with Crippen LogP contribution in [-0.2, 0) is 0 Å². The smallest absolute Gasteiger partial charge is 0.0797 e. The fraction of sp³-hybridized carbons (Fsp3) is 0.667. The molecule has 2 nitrogen and oxygen atoms in total. The predicted molar refractivity (Wildman–Crippen MR) is 53.7 cm³/mol. The fourth-order valence-electron chi connectivity index (χ4n) is 1.17. The molecule has 0 aromatic carbocycles. The highest BCUT2D eigenvalue weighted by Gasteiger charge is 2.14. The molecule has 0 aliphatic carbocycles. The molecule has 0 saturated heterocycles. The minimum absolute atomic E-state index is 0.454. The Morgan fingerprint density at radius 3 is 2.67 bits per heavy atom. The summed E-state index contributed by atoms with van der Waals surface area (Å²) < 4.78 is 0. The first-order valence-electron chi connectivity index (χ1n) is 4.30. The average molecular weight is 184 g/mol. The molecule has 1 heterocycles. The largest absolute Gasteiger partial charge is 0.330 e. The third-order valence-corrected chi connectivity index (χ3v) is 3.05. The van der Waals surface area contributed by atoms with Gasteiger partial charge in [-0.2, -0.15) is 0 Å². The van der Waals surface area contributed by atoms with Crippen LogP contribution in [0.15, 0.2) is 5.51 Å². The number of hydrogen-bond acceptors (Lipinski definition) is 3. The van der Waals surface area contributed by atoms with E-state index in [4.69, 9.17) is 5.73 Å². The molecule has 0 spiro atoms. The molecular weight excluding hydrogens is 168 g/mol. The van der Waals surface area contributed by atoms with Gasteiger partial charge in [0, 0.05) is 10.8 Å². The van der Waals surface area contributed by atoms with Crippen LogP contribution in [0.3, 0.4) is 0 Å². The normalized spacial score (nSPS) is 13.8. The van der Waals surface area contributed by atoms with E-state index in [0.717, 1.165) is 0 Å². The fourth-order valence-corrected chi connectivity index (χ4v) is 2.19. The predicted octanol–water partition coefficient (Wildman–Crippen LogP) is 2.33. The molecule has 1 rings (SSSR count). The molecule has 1 unspecified atom stereocenters. The van der Waals surface area contributed by atoms with Gasteiger partial charge in [0.1, 0.15) is 0 Å². The first-order valence-corrected chi connectivity index (χ1v) is 5.18. The van der Waals surface area contributed by atoms with E-state index in [9.17, 15) is 0 Å². The molecule has 2 N–H and O–H groups in total. The van der Waals surface area contributed by atoms with Crippen LogP contribution < -0.4 is 5.73 Å². The maximum atomic E-state index is 5.61. The van der Waals surface area contributed by atoms with Crippen molar-refractivity contribution in [2.24, 2.45) is 5.73 Å². The summed E-state index contributed by atoms with van der Waals surface area (Å²) in [5, 5.41) is 0. The lowest BCUT2D eigenvalue weighted by Gasteiger charge is -2.10. The second-order valence-electron chi connectivity index (χ2n) is 3.39. The molecule has 12 heavy (non-hydrogen) atoms. The first kappa shape index (κ1) is 9.68. The SMILES string of the molecule is CC(C)c1ncsc1C(C)CN. The van der Waals surface area contributed by atoms with Gasteiger partial charge in [-0.1, -0.05) is 20.8 Å². The van der Waals surface area contributed by atoms with E-state index in [1.165, 1.54) is 10.6 Å². The zero-order chi connectivity index (χ0) is 9.14. The van der Waals surface area contributed by atoms with Crippen LogP contribution in [0.2, 0.25) is 0 Å². The Morgan fingerprint density at radius 1 is 1.50 bits per heavy atom. The highest BCUT2D eigenvalue weighted by Crippen LogP contribution is 2.27. The quantitative estimate of drug-likeness (QED) is 0.783. The molecule has 68 valence electrons. The molecule has 0 radical (unpaired) electrons. The maximum Gasteiger partial charge on any atom is 0.0797 e. The van der Waals surface area contributed by atoms with Crippen molar-refractivity contribution in [1.82, 2.24) is 4.98 Å². The van der Waals surface area contributed by atoms with E-state index in [2.05, 4.69) is 25.8 Å². The monoisotopic (exact) mass is 184 g/mol. The molecule has 1 aromatic heterocycles. The van der Waals surface area contributed by atoms with Crippen molar-refractivity contribution >= 4 is 11.3 Å². The van der Waals surface area contributed by atoms with Gasteiger partial charge < -0.3 is 5.73 Å². The third-order valence-electron chi connectivity index (χ3n) is 1.97. The van der Waals surface area contributed by atoms with E-state index >= 15 is 0 Å². The Morgan fingerprint density at radius 2 is 2.17 bits per heavy atom. The van der Waals surface area contributed by atoms with Crippen molar-refractivity contribution in [2.45, 2.75) is 32.6 Å². The van der Waals surface area contributed by atoms with Gasteiger partial charge in [-0.3, -0.25) is 0 Å². The highest BCUT2D eigenvalue weighted by atomic mass is 32.1. The Hall–Kier alpha value is -0.410. The average Bonchev–Trinajstić information content (AvgIpc) is 2.50. The molecule has 1 atom stereocenters. The first-order chi connectivity index (χ1) is 5.66. The van der Waals surface area contributed by atoms with Crippen LogP contribution in [0.1, 0.15) is 43.2 Å². The number of nitrogens with zero attached hydrogens (tertiary/aromatic N) is 1. The molecule has 0 fully saturated rings. The van der Waals surface area contributed by atoms with Crippen molar-refractivity contribution in [3.63, 3.8) is 0 Å². The van der Waals surface area contributed by atoms with Crippen LogP contribution in [-0.4, -0.2) is 11.5 Å². The lowest BCUT2D eigenvalue weighted by Crippen LogP contribution is -2.09. The van der Waals surface area contributed by atoms with E-state index in [1.54, 1.807) is 11.3 Å². The summed E-state index contributed by atoms with van der Waals surface area (Å²) in [6.07, 6.45) is 0. The van der Waals surface area contributed by atoms with Crippen LogP contribution in [0.5, 0.6) is 0 Å². The molecule has 1 aromatic rings. The van der Waals surface area contributed by atoms with Gasteiger partial charge in [-0.25, -0.2) is 4.98 Å². The van der Waals surface area contributed by atoms with Crippen molar-refractivity contribution < 1.29 is 0 Å². The van der Waals surface area contributed by atoms with Crippen LogP contribution >= 0.6 is 11.3 Å². The van der Waals surface area contributed by atoms with Crippen molar-refractivity contribution in [3.05, 3.63) is 16.1 Å². The molecule has 0 bridgehead atoms. The van der Waals surface area contributed by atoms with E-state index in [-0.39, 0.29) is 0 Å². The number of thiazole rings is 1. The topological polar surface area (TPSA) is 38.9 Å². The number of aromatic nitrogens is 1. The minimum atomic E-state index is 0.454. The zero-order valence-electron chi connectivity index (χ0n) is 7.87. The van der Waals surface area contributed by atoms with Gasteiger partial charge in [-0.15, -0.1) is 11.3 Å². The molecule has 0 saturated carbocycles. The van der Waals surface area contributed by atoms with Gasteiger partial charge in [0.15, 0.2) is 0 Å². The highest BCUT2D eigenvalue weighted by molar-refractivity contribution is 7.09. The second-order valence-corrected chi connectivity index (χ2v) is 4.28. The lowest BCUT2D eigenvalue weighted by molar-refractivity contribution is 0.741. The van der Waals surface area contributed by atoms with Gasteiger partial charge in [0.2, 0.25) is 0 Å². The van der Waals surface area contributed by atoms with Crippen molar-refractivity contribution in [1.29, 1.82) is 0 Å². The van der Waals surface area contributed by atoms with E-state index in [1.807, 2.05) is 5.51 Å². The van der Waals surface area contributed by atoms with Gasteiger partial charge >= 0.3 is 0 Å². The Labute approximate surface area is 77.8 Å². The van der Waals surface area contributed by atoms with Crippen LogP contribution in [0.4, 0.5) is 0 Å². The molecule has 0 aliphatic heterocycles. The molecule has 3 heteroatoms. The number of hydrogen-bond donors (Lipinski definition) is 1. The molecular formula is C9H16N2S. The summed E-state index contributed by atoms with van der Waals surface area (Å²) in [6, 6.07) is 0. The Balaban J connectivity index is 2.91. The standard InChI is InChI=1S/C9H16N2S/c1-6(2)8-9(7(3)4-10)12-5-11-8/h5-7H,4,10H2,1-3H3. The Bertz CT molecular complexity index is 242. The minimum Gasteiger partial charge on any atom is -0.330 e. The van der Waals surface area contributed by atoms with Crippen molar-refractivity contribution in [2.75, 3.05) is 6.54 Å². The summed E-state index contributed by atoms with van der Waals surface area (Å²) in [5.41, 5.74) is 8.75. The van der Waals surface area contributed by atoms with Crippen LogP contribution in [0.25, 0.3) is 0 Å². The number of rotatable bonds is 3. The summed E-state index contributed by atoms with van der Waals surface area (Å²) in [7, 11) is 0. The number of nitrogens with two attached hydrogens (primary N) is 1. The van der Waals surface area contributed by atoms with Crippen LogP contribution in [0, 0.1) is 0 Å². The summed E-state index contributed by atoms with van der Waals surface area (Å²) in [5.74, 6) is 0.968. The van der Waals surface area contributed by atoms with Gasteiger partial charge in [0.05, 0.1) is 11.2 Å². The lowest BCUT2D eigenvalue weighted by atomic mass is 10.0.